The summed E-state index contributed by atoms with van der Waals surface area (Å²) in [5.41, 5.74) is 6.50. The Labute approximate surface area is 143 Å². The molecule has 0 saturated heterocycles. The average molecular weight is 348 g/mol. The van der Waals surface area contributed by atoms with Crippen LogP contribution >= 0.6 is 11.3 Å². The van der Waals surface area contributed by atoms with Crippen molar-refractivity contribution in [2.75, 3.05) is 5.32 Å². The molecule has 1 heterocycles. The maximum atomic E-state index is 12.8. The van der Waals surface area contributed by atoms with E-state index in [0.29, 0.717) is 10.6 Å². The third kappa shape index (κ3) is 2.62. The van der Waals surface area contributed by atoms with Crippen LogP contribution < -0.4 is 11.1 Å². The highest BCUT2D eigenvalue weighted by atomic mass is 32.1. The van der Waals surface area contributed by atoms with E-state index in [0.717, 1.165) is 23.3 Å². The number of carboxylic acids is 1. The first-order valence-corrected chi connectivity index (χ1v) is 8.74. The Hall–Kier alpha value is -2.15. The number of carbonyl (C=O) groups is 3. The molecule has 2 amide bonds. The van der Waals surface area contributed by atoms with E-state index in [4.69, 9.17) is 5.73 Å². The van der Waals surface area contributed by atoms with Gasteiger partial charge in [0.2, 0.25) is 5.91 Å². The van der Waals surface area contributed by atoms with Crippen LogP contribution in [-0.4, -0.2) is 22.9 Å². The van der Waals surface area contributed by atoms with Crippen molar-refractivity contribution < 1.29 is 19.5 Å². The maximum absolute atomic E-state index is 12.8. The van der Waals surface area contributed by atoms with Gasteiger partial charge in [-0.1, -0.05) is 12.2 Å². The van der Waals surface area contributed by atoms with Crippen molar-refractivity contribution in [1.82, 2.24) is 0 Å². The van der Waals surface area contributed by atoms with Crippen molar-refractivity contribution in [3.63, 3.8) is 0 Å². The van der Waals surface area contributed by atoms with Gasteiger partial charge in [-0.15, -0.1) is 11.3 Å². The Bertz CT molecular complexity index is 752. The van der Waals surface area contributed by atoms with Crippen molar-refractivity contribution in [2.45, 2.75) is 26.7 Å². The third-order valence-electron chi connectivity index (χ3n) is 5.20. The Balaban J connectivity index is 1.90. The van der Waals surface area contributed by atoms with Gasteiger partial charge >= 0.3 is 5.97 Å². The molecule has 3 aliphatic rings. The van der Waals surface area contributed by atoms with Gasteiger partial charge in [-0.25, -0.2) is 0 Å². The van der Waals surface area contributed by atoms with E-state index >= 15 is 0 Å². The number of nitrogens with two attached hydrogens (primary N) is 1. The van der Waals surface area contributed by atoms with Crippen molar-refractivity contribution in [3.8, 4) is 0 Å². The molecule has 7 heteroatoms. The lowest BCUT2D eigenvalue weighted by Crippen LogP contribution is -2.47. The third-order valence-corrected chi connectivity index (χ3v) is 6.33. The lowest BCUT2D eigenvalue weighted by atomic mass is 9.62. The molecule has 128 valence electrons. The van der Waals surface area contributed by atoms with Crippen LogP contribution in [0, 0.1) is 37.5 Å². The van der Waals surface area contributed by atoms with Gasteiger partial charge in [0.15, 0.2) is 0 Å². The zero-order valence-electron chi connectivity index (χ0n) is 13.5. The van der Waals surface area contributed by atoms with Crippen LogP contribution in [0.4, 0.5) is 5.00 Å². The number of carboxylic acid groups (broad SMARTS) is 1. The van der Waals surface area contributed by atoms with Crippen LogP contribution in [0.5, 0.6) is 0 Å². The van der Waals surface area contributed by atoms with Crippen LogP contribution in [0.15, 0.2) is 12.2 Å². The van der Waals surface area contributed by atoms with E-state index in [2.05, 4.69) is 5.32 Å². The summed E-state index contributed by atoms with van der Waals surface area (Å²) in [4.78, 5) is 37.1. The van der Waals surface area contributed by atoms with Crippen LogP contribution in [0.3, 0.4) is 0 Å². The standard InChI is InChI=1S/C17H20N2O4S/c1-7-8(2)24-16(11(7)14(18)20)19-15(21)12-9-3-5-10(6-4-9)13(12)17(22)23/h3,5,9-10,12-13H,4,6H2,1-2H3,(H2,18,20)(H,19,21)(H,22,23)/t9-,10-,12-,13-/m0/s1. The molecule has 0 spiro atoms. The minimum atomic E-state index is -0.942. The number of amides is 2. The second-order valence-electron chi connectivity index (χ2n) is 6.52. The molecule has 0 aliphatic heterocycles. The van der Waals surface area contributed by atoms with Gasteiger partial charge in [0.1, 0.15) is 5.00 Å². The summed E-state index contributed by atoms with van der Waals surface area (Å²) < 4.78 is 0. The number of aliphatic carboxylic acids is 1. The molecule has 3 aliphatic carbocycles. The Morgan fingerprint density at radius 2 is 1.75 bits per heavy atom. The molecule has 4 atom stereocenters. The largest absolute Gasteiger partial charge is 0.481 e. The molecule has 2 bridgehead atoms. The minimum Gasteiger partial charge on any atom is -0.481 e. The maximum Gasteiger partial charge on any atom is 0.307 e. The van der Waals surface area contributed by atoms with Crippen LogP contribution in [0.25, 0.3) is 0 Å². The van der Waals surface area contributed by atoms with Gasteiger partial charge in [-0.2, -0.15) is 0 Å². The number of nitrogens with one attached hydrogen (secondary N) is 1. The van der Waals surface area contributed by atoms with E-state index in [1.54, 1.807) is 6.92 Å². The first-order valence-electron chi connectivity index (χ1n) is 7.93. The number of primary amides is 1. The Kier molecular flexibility index (Phi) is 4.21. The average Bonchev–Trinajstić information content (AvgIpc) is 2.81. The predicted molar refractivity (Wildman–Crippen MR) is 90.9 cm³/mol. The first-order chi connectivity index (χ1) is 11.3. The van der Waals surface area contributed by atoms with Crippen molar-refractivity contribution in [3.05, 3.63) is 28.2 Å². The fraction of sp³-hybridized carbons (Fsp3) is 0.471. The number of aryl methyl sites for hydroxylation is 1. The van der Waals surface area contributed by atoms with E-state index < -0.39 is 23.7 Å². The number of thiophene rings is 1. The SMILES string of the molecule is Cc1sc(NC(=O)[C@@H]2[C@@H](C(=O)O)[C@H]3C=C[C@H]2CC3)c(C(N)=O)c1C. The number of anilines is 1. The Morgan fingerprint density at radius 1 is 1.17 bits per heavy atom. The normalized spacial score (nSPS) is 27.9. The number of hydrogen-bond acceptors (Lipinski definition) is 4. The van der Waals surface area contributed by atoms with E-state index in [-0.39, 0.29) is 17.7 Å². The summed E-state index contributed by atoms with van der Waals surface area (Å²) in [6.45, 7) is 3.64. The summed E-state index contributed by atoms with van der Waals surface area (Å²) in [6.07, 6.45) is 5.49. The summed E-state index contributed by atoms with van der Waals surface area (Å²) in [5, 5.41) is 12.7. The topological polar surface area (TPSA) is 109 Å². The van der Waals surface area contributed by atoms with Crippen molar-refractivity contribution >= 4 is 34.1 Å². The second kappa shape index (κ2) is 6.05. The highest BCUT2D eigenvalue weighted by Crippen LogP contribution is 2.45. The molecule has 4 N–H and O–H groups in total. The Morgan fingerprint density at radius 3 is 2.25 bits per heavy atom. The summed E-state index contributed by atoms with van der Waals surface area (Å²) in [6, 6.07) is 0. The molecule has 0 aromatic carbocycles. The number of fused-ring (bicyclic) bond motifs is 2. The molecule has 0 radical (unpaired) electrons. The number of rotatable bonds is 4. The smallest absolute Gasteiger partial charge is 0.307 e. The highest BCUT2D eigenvalue weighted by molar-refractivity contribution is 7.16. The quantitative estimate of drug-likeness (QED) is 0.725. The fourth-order valence-electron chi connectivity index (χ4n) is 3.90. The monoisotopic (exact) mass is 348 g/mol. The lowest BCUT2D eigenvalue weighted by molar-refractivity contribution is -0.151. The first kappa shape index (κ1) is 16.7. The molecule has 1 fully saturated rings. The second-order valence-corrected chi connectivity index (χ2v) is 7.75. The molecular formula is C17H20N2O4S. The number of hydrogen-bond donors (Lipinski definition) is 3. The predicted octanol–water partition coefficient (Wildman–Crippen LogP) is 2.32. The van der Waals surface area contributed by atoms with Gasteiger partial charge in [-0.05, 0) is 44.1 Å². The van der Waals surface area contributed by atoms with Crippen molar-refractivity contribution in [1.29, 1.82) is 0 Å². The zero-order chi connectivity index (χ0) is 17.6. The summed E-state index contributed by atoms with van der Waals surface area (Å²) in [7, 11) is 0. The number of allylic oxidation sites excluding steroid dienone is 2. The van der Waals surface area contributed by atoms with Gasteiger partial charge in [0.25, 0.3) is 5.91 Å². The van der Waals surface area contributed by atoms with E-state index in [1.165, 1.54) is 11.3 Å². The lowest BCUT2D eigenvalue weighted by Gasteiger charge is -2.41. The number of carbonyl (C=O) groups excluding carboxylic acids is 2. The molecule has 24 heavy (non-hydrogen) atoms. The van der Waals surface area contributed by atoms with Crippen LogP contribution in [0.1, 0.15) is 33.6 Å². The molecule has 1 saturated carbocycles. The minimum absolute atomic E-state index is 0.0738. The summed E-state index contributed by atoms with van der Waals surface area (Å²) in [5.74, 6) is -3.39. The van der Waals surface area contributed by atoms with Crippen molar-refractivity contribution in [2.24, 2.45) is 29.4 Å². The molecule has 1 aromatic heterocycles. The zero-order valence-corrected chi connectivity index (χ0v) is 14.4. The van der Waals surface area contributed by atoms with Gasteiger partial charge < -0.3 is 16.2 Å². The fourth-order valence-corrected chi connectivity index (χ4v) is 4.96. The molecule has 6 nitrogen and oxygen atoms in total. The van der Waals surface area contributed by atoms with Gasteiger partial charge in [0.05, 0.1) is 17.4 Å². The van der Waals surface area contributed by atoms with Gasteiger partial charge in [-0.3, -0.25) is 14.4 Å². The van der Waals surface area contributed by atoms with Gasteiger partial charge in [0, 0.05) is 4.88 Å². The van der Waals surface area contributed by atoms with E-state index in [1.807, 2.05) is 19.1 Å². The van der Waals surface area contributed by atoms with Crippen LogP contribution in [-0.2, 0) is 9.59 Å². The molecular weight excluding hydrogens is 328 g/mol. The molecule has 4 rings (SSSR count). The molecule has 0 unspecified atom stereocenters. The summed E-state index contributed by atoms with van der Waals surface area (Å²) >= 11 is 1.29. The van der Waals surface area contributed by atoms with Crippen LogP contribution in [0.2, 0.25) is 0 Å². The highest BCUT2D eigenvalue weighted by Gasteiger charge is 2.48. The van der Waals surface area contributed by atoms with E-state index in [9.17, 15) is 19.5 Å². The molecule has 1 aromatic rings.